The van der Waals surface area contributed by atoms with Gasteiger partial charge in [0.2, 0.25) is 0 Å². The number of pyridine rings is 1. The van der Waals surface area contributed by atoms with E-state index in [0.29, 0.717) is 17.3 Å². The Bertz CT molecular complexity index is 990. The van der Waals surface area contributed by atoms with Crippen LogP contribution in [0.1, 0.15) is 31.2 Å². The van der Waals surface area contributed by atoms with E-state index in [-0.39, 0.29) is 6.04 Å². The van der Waals surface area contributed by atoms with E-state index in [1.165, 1.54) is 29.7 Å². The second kappa shape index (κ2) is 8.20. The quantitative estimate of drug-likeness (QED) is 0.631. The van der Waals surface area contributed by atoms with Crippen molar-refractivity contribution < 1.29 is 9.53 Å². The molecule has 0 aliphatic carbocycles. The molecule has 0 radical (unpaired) electrons. The predicted octanol–water partition coefficient (Wildman–Crippen LogP) is 3.69. The number of nitrogens with two attached hydrogens (primary N) is 1. The van der Waals surface area contributed by atoms with E-state index < -0.39 is 6.03 Å². The van der Waals surface area contributed by atoms with E-state index in [0.717, 1.165) is 41.9 Å². The van der Waals surface area contributed by atoms with Crippen molar-refractivity contribution in [2.45, 2.75) is 50.2 Å². The number of benzene rings is 1. The van der Waals surface area contributed by atoms with Gasteiger partial charge in [0.25, 0.3) is 5.19 Å². The lowest BCUT2D eigenvalue weighted by Crippen LogP contribution is -2.51. The highest BCUT2D eigenvalue weighted by atomic mass is 32.1. The molecule has 0 saturated carbocycles. The summed E-state index contributed by atoms with van der Waals surface area (Å²) in [6.07, 6.45) is 7.21. The Hall–Kier alpha value is -2.71. The maximum atomic E-state index is 11.2. The average molecular weight is 424 g/mol. The third-order valence-corrected chi connectivity index (χ3v) is 7.02. The summed E-state index contributed by atoms with van der Waals surface area (Å²) in [7, 11) is 0. The van der Waals surface area contributed by atoms with E-state index in [1.807, 2.05) is 24.3 Å². The van der Waals surface area contributed by atoms with Crippen molar-refractivity contribution in [3.63, 3.8) is 0 Å². The van der Waals surface area contributed by atoms with Crippen LogP contribution in [0.15, 0.2) is 42.6 Å². The molecule has 2 fully saturated rings. The molecule has 2 aliphatic rings. The highest BCUT2D eigenvalue weighted by Gasteiger charge is 2.40. The van der Waals surface area contributed by atoms with Crippen LogP contribution >= 0.6 is 11.3 Å². The minimum absolute atomic E-state index is 0.227. The van der Waals surface area contributed by atoms with Crippen LogP contribution in [0.2, 0.25) is 0 Å². The summed E-state index contributed by atoms with van der Waals surface area (Å²) < 4.78 is 5.91. The number of carbonyl (C=O) groups excluding carboxylic acids is 1. The maximum absolute atomic E-state index is 11.2. The first-order chi connectivity index (χ1) is 14.6. The standard InChI is InChI=1S/C22H25N5O2S/c23-21(28)25-15-12-16-5-6-17(13-15)27(16)11-9-14-3-7-18(8-4-14)29-22-26-19-2-1-10-24-20(19)30-22/h1-4,7-8,10,15-17H,5-6,9,11-13H2,(H3,23,25,28)/t15?,16-,17+. The van der Waals surface area contributed by atoms with Crippen LogP contribution in [0.5, 0.6) is 10.9 Å². The minimum atomic E-state index is -0.405. The maximum Gasteiger partial charge on any atom is 0.312 e. The van der Waals surface area contributed by atoms with Crippen molar-refractivity contribution in [2.24, 2.45) is 5.73 Å². The fraction of sp³-hybridized carbons (Fsp3) is 0.409. The summed E-state index contributed by atoms with van der Waals surface area (Å²) in [6.45, 7) is 1.04. The minimum Gasteiger partial charge on any atom is -0.431 e. The smallest absolute Gasteiger partial charge is 0.312 e. The van der Waals surface area contributed by atoms with Gasteiger partial charge in [0.05, 0.1) is 0 Å². The first kappa shape index (κ1) is 19.3. The highest BCUT2D eigenvalue weighted by molar-refractivity contribution is 7.19. The zero-order valence-corrected chi connectivity index (χ0v) is 17.5. The molecule has 2 aliphatic heterocycles. The second-order valence-corrected chi connectivity index (χ2v) is 9.04. The molecule has 3 N–H and O–H groups in total. The number of aromatic nitrogens is 2. The fourth-order valence-electron chi connectivity index (χ4n) is 4.84. The van der Waals surface area contributed by atoms with Gasteiger partial charge in [0.1, 0.15) is 16.1 Å². The third kappa shape index (κ3) is 4.11. The fourth-order valence-corrected chi connectivity index (χ4v) is 5.61. The van der Waals surface area contributed by atoms with Crippen molar-refractivity contribution in [3.05, 3.63) is 48.2 Å². The van der Waals surface area contributed by atoms with E-state index in [1.54, 1.807) is 6.20 Å². The molecular weight excluding hydrogens is 398 g/mol. The molecule has 3 aromatic rings. The second-order valence-electron chi connectivity index (χ2n) is 8.10. The van der Waals surface area contributed by atoms with Gasteiger partial charge in [0.15, 0.2) is 0 Å². The van der Waals surface area contributed by atoms with Crippen molar-refractivity contribution in [2.75, 3.05) is 6.54 Å². The van der Waals surface area contributed by atoms with Gasteiger partial charge in [-0.05, 0) is 61.9 Å². The molecule has 8 heteroatoms. The Balaban J connectivity index is 1.16. The summed E-state index contributed by atoms with van der Waals surface area (Å²) in [6, 6.07) is 13.0. The van der Waals surface area contributed by atoms with Crippen LogP contribution in [0, 0.1) is 0 Å². The first-order valence-electron chi connectivity index (χ1n) is 10.4. The van der Waals surface area contributed by atoms with Crippen LogP contribution in [0.4, 0.5) is 4.79 Å². The Morgan fingerprint density at radius 1 is 1.20 bits per heavy atom. The largest absolute Gasteiger partial charge is 0.431 e. The SMILES string of the molecule is NC(=O)NC1C[C@H]2CC[C@@H](C1)N2CCc1ccc(Oc2nc3cccnc3s2)cc1. The molecule has 30 heavy (non-hydrogen) atoms. The molecule has 2 bridgehead atoms. The average Bonchev–Trinajstić information content (AvgIpc) is 3.24. The Labute approximate surface area is 179 Å². The summed E-state index contributed by atoms with van der Waals surface area (Å²) in [4.78, 5) is 23.4. The number of hydrogen-bond donors (Lipinski definition) is 2. The number of amides is 2. The normalized spacial score (nSPS) is 23.5. The molecule has 1 unspecified atom stereocenters. The molecular formula is C22H25N5O2S. The number of fused-ring (bicyclic) bond motifs is 3. The Morgan fingerprint density at radius 2 is 1.97 bits per heavy atom. The van der Waals surface area contributed by atoms with Crippen molar-refractivity contribution >= 4 is 27.7 Å². The van der Waals surface area contributed by atoms with Gasteiger partial charge in [0, 0.05) is 30.9 Å². The lowest BCUT2D eigenvalue weighted by molar-refractivity contribution is 0.121. The third-order valence-electron chi connectivity index (χ3n) is 6.16. The van der Waals surface area contributed by atoms with Crippen molar-refractivity contribution in [3.8, 4) is 10.9 Å². The summed E-state index contributed by atoms with van der Waals surface area (Å²) in [5, 5.41) is 3.51. The topological polar surface area (TPSA) is 93.4 Å². The number of ether oxygens (including phenoxy) is 1. The van der Waals surface area contributed by atoms with Gasteiger partial charge in [-0.3, -0.25) is 4.90 Å². The number of primary amides is 1. The van der Waals surface area contributed by atoms with Gasteiger partial charge >= 0.3 is 6.03 Å². The van der Waals surface area contributed by atoms with Gasteiger partial charge in [-0.1, -0.05) is 23.5 Å². The zero-order valence-electron chi connectivity index (χ0n) is 16.7. The number of hydrogen-bond acceptors (Lipinski definition) is 6. The van der Waals surface area contributed by atoms with E-state index >= 15 is 0 Å². The summed E-state index contributed by atoms with van der Waals surface area (Å²) >= 11 is 1.45. The highest BCUT2D eigenvalue weighted by Crippen LogP contribution is 2.36. The molecule has 1 aromatic carbocycles. The molecule has 3 atom stereocenters. The molecule has 2 saturated heterocycles. The van der Waals surface area contributed by atoms with Crippen molar-refractivity contribution in [1.29, 1.82) is 0 Å². The lowest BCUT2D eigenvalue weighted by Gasteiger charge is -2.39. The van der Waals surface area contributed by atoms with Crippen LogP contribution in [-0.4, -0.2) is 45.6 Å². The summed E-state index contributed by atoms with van der Waals surface area (Å²) in [5.74, 6) is 0.788. The van der Waals surface area contributed by atoms with Gasteiger partial charge in [-0.25, -0.2) is 14.8 Å². The number of nitrogens with zero attached hydrogens (tertiary/aromatic N) is 3. The van der Waals surface area contributed by atoms with Crippen LogP contribution in [0.3, 0.4) is 0 Å². The van der Waals surface area contributed by atoms with Crippen LogP contribution < -0.4 is 15.8 Å². The molecule has 2 amide bonds. The van der Waals surface area contributed by atoms with Gasteiger partial charge < -0.3 is 15.8 Å². The summed E-state index contributed by atoms with van der Waals surface area (Å²) in [5.41, 5.74) is 7.46. The lowest BCUT2D eigenvalue weighted by atomic mass is 9.96. The van der Waals surface area contributed by atoms with Crippen LogP contribution in [-0.2, 0) is 6.42 Å². The van der Waals surface area contributed by atoms with Gasteiger partial charge in [-0.2, -0.15) is 0 Å². The number of piperidine rings is 1. The van der Waals surface area contributed by atoms with E-state index in [4.69, 9.17) is 10.5 Å². The molecule has 156 valence electrons. The molecule has 0 spiro atoms. The molecule has 7 nitrogen and oxygen atoms in total. The number of rotatable bonds is 6. The van der Waals surface area contributed by atoms with E-state index in [9.17, 15) is 4.79 Å². The van der Waals surface area contributed by atoms with Crippen molar-refractivity contribution in [1.82, 2.24) is 20.2 Å². The number of nitrogens with one attached hydrogen (secondary N) is 1. The van der Waals surface area contributed by atoms with Crippen LogP contribution in [0.25, 0.3) is 10.3 Å². The molecule has 5 rings (SSSR count). The number of thiazole rings is 1. The zero-order chi connectivity index (χ0) is 20.5. The molecule has 4 heterocycles. The first-order valence-corrected chi connectivity index (χ1v) is 11.3. The monoisotopic (exact) mass is 423 g/mol. The Kier molecular flexibility index (Phi) is 5.26. The Morgan fingerprint density at radius 3 is 2.67 bits per heavy atom. The predicted molar refractivity (Wildman–Crippen MR) is 117 cm³/mol. The van der Waals surface area contributed by atoms with E-state index in [2.05, 4.69) is 32.3 Å². The van der Waals surface area contributed by atoms with Gasteiger partial charge in [-0.15, -0.1) is 0 Å². The number of carbonyl (C=O) groups is 1. The molecule has 2 aromatic heterocycles. The number of urea groups is 1.